The number of likely N-dealkylation sites (N-methyl/N-ethyl adjacent to an activating group) is 1. The molecule has 1 aliphatic rings. The molecule has 1 aliphatic heterocycles. The number of alkyl halides is 3. The number of rotatable bonds is 4. The number of nitrogens with one attached hydrogen (secondary N) is 1. The zero-order valence-corrected chi connectivity index (χ0v) is 11.4. The second kappa shape index (κ2) is 6.56. The van der Waals surface area contributed by atoms with Crippen molar-refractivity contribution in [3.63, 3.8) is 0 Å². The summed E-state index contributed by atoms with van der Waals surface area (Å²) >= 11 is 0. The summed E-state index contributed by atoms with van der Waals surface area (Å²) in [5.74, 6) is 0. The van der Waals surface area contributed by atoms with E-state index in [1.165, 1.54) is 6.07 Å². The first kappa shape index (κ1) is 15.3. The van der Waals surface area contributed by atoms with Gasteiger partial charge >= 0.3 is 6.18 Å². The van der Waals surface area contributed by atoms with Gasteiger partial charge in [0.15, 0.2) is 0 Å². The fourth-order valence-corrected chi connectivity index (χ4v) is 2.45. The molecule has 3 nitrogen and oxygen atoms in total. The van der Waals surface area contributed by atoms with Gasteiger partial charge in [-0.05, 0) is 18.7 Å². The van der Waals surface area contributed by atoms with E-state index in [-0.39, 0.29) is 6.10 Å². The highest BCUT2D eigenvalue weighted by atomic mass is 19.4. The predicted molar refractivity (Wildman–Crippen MR) is 70.4 cm³/mol. The van der Waals surface area contributed by atoms with E-state index in [2.05, 4.69) is 5.32 Å². The van der Waals surface area contributed by atoms with Crippen molar-refractivity contribution in [3.8, 4) is 0 Å². The Labute approximate surface area is 116 Å². The van der Waals surface area contributed by atoms with Gasteiger partial charge in [-0.1, -0.05) is 18.2 Å². The maximum Gasteiger partial charge on any atom is 0.416 e. The summed E-state index contributed by atoms with van der Waals surface area (Å²) in [4.78, 5) is 2.01. The maximum atomic E-state index is 12.9. The molecule has 0 aromatic heterocycles. The van der Waals surface area contributed by atoms with Crippen molar-refractivity contribution in [2.45, 2.75) is 18.8 Å². The van der Waals surface area contributed by atoms with Gasteiger partial charge in [-0.25, -0.2) is 0 Å². The van der Waals surface area contributed by atoms with Crippen molar-refractivity contribution < 1.29 is 17.9 Å². The van der Waals surface area contributed by atoms with Gasteiger partial charge in [0.05, 0.1) is 18.3 Å². The average Bonchev–Trinajstić information content (AvgIpc) is 2.39. The Morgan fingerprint density at radius 3 is 2.80 bits per heavy atom. The minimum absolute atomic E-state index is 0.0341. The second-order valence-corrected chi connectivity index (χ2v) is 4.94. The smallest absolute Gasteiger partial charge is 0.374 e. The van der Waals surface area contributed by atoms with E-state index in [0.29, 0.717) is 38.3 Å². The third kappa shape index (κ3) is 3.94. The molecule has 1 saturated heterocycles. The highest BCUT2D eigenvalue weighted by Gasteiger charge is 2.33. The molecule has 6 heteroatoms. The second-order valence-electron chi connectivity index (χ2n) is 4.94. The molecular weight excluding hydrogens is 269 g/mol. The number of benzene rings is 1. The molecule has 0 radical (unpaired) electrons. The summed E-state index contributed by atoms with van der Waals surface area (Å²) in [6.45, 7) is 2.87. The fourth-order valence-electron chi connectivity index (χ4n) is 2.45. The van der Waals surface area contributed by atoms with Crippen LogP contribution in [-0.4, -0.2) is 44.3 Å². The van der Waals surface area contributed by atoms with Crippen LogP contribution in [-0.2, 0) is 17.5 Å². The molecule has 1 fully saturated rings. The summed E-state index contributed by atoms with van der Waals surface area (Å²) in [5, 5.41) is 3.03. The third-order valence-corrected chi connectivity index (χ3v) is 3.37. The molecule has 0 saturated carbocycles. The van der Waals surface area contributed by atoms with Crippen molar-refractivity contribution in [1.29, 1.82) is 0 Å². The van der Waals surface area contributed by atoms with Crippen LogP contribution in [0.5, 0.6) is 0 Å². The monoisotopic (exact) mass is 288 g/mol. The summed E-state index contributed by atoms with van der Waals surface area (Å²) in [6, 6.07) is 5.76. The summed E-state index contributed by atoms with van der Waals surface area (Å²) in [7, 11) is 1.83. The van der Waals surface area contributed by atoms with E-state index in [0.717, 1.165) is 6.07 Å². The van der Waals surface area contributed by atoms with Crippen LogP contribution < -0.4 is 5.32 Å². The van der Waals surface area contributed by atoms with E-state index in [1.807, 2.05) is 11.9 Å². The van der Waals surface area contributed by atoms with Crippen LogP contribution in [0.2, 0.25) is 0 Å². The maximum absolute atomic E-state index is 12.9. The number of hydrogen-bond donors (Lipinski definition) is 1. The van der Waals surface area contributed by atoms with Gasteiger partial charge in [0.1, 0.15) is 0 Å². The molecule has 1 heterocycles. The molecule has 0 bridgehead atoms. The highest BCUT2D eigenvalue weighted by molar-refractivity contribution is 5.29. The van der Waals surface area contributed by atoms with Crippen LogP contribution in [0.1, 0.15) is 11.1 Å². The van der Waals surface area contributed by atoms with Crippen LogP contribution in [0.25, 0.3) is 0 Å². The quantitative estimate of drug-likeness (QED) is 0.918. The van der Waals surface area contributed by atoms with Crippen LogP contribution in [0.15, 0.2) is 24.3 Å². The fraction of sp³-hybridized carbons (Fsp3) is 0.571. The zero-order valence-electron chi connectivity index (χ0n) is 11.4. The number of hydrogen-bond acceptors (Lipinski definition) is 3. The van der Waals surface area contributed by atoms with Gasteiger partial charge in [0.2, 0.25) is 0 Å². The molecule has 1 atom stereocenters. The Kier molecular flexibility index (Phi) is 5.01. The largest absolute Gasteiger partial charge is 0.416 e. The van der Waals surface area contributed by atoms with Crippen LogP contribution in [0.3, 0.4) is 0 Å². The first-order valence-electron chi connectivity index (χ1n) is 6.64. The topological polar surface area (TPSA) is 24.5 Å². The average molecular weight is 288 g/mol. The van der Waals surface area contributed by atoms with Crippen molar-refractivity contribution in [3.05, 3.63) is 35.4 Å². The van der Waals surface area contributed by atoms with Gasteiger partial charge in [-0.2, -0.15) is 13.2 Å². The lowest BCUT2D eigenvalue weighted by atomic mass is 10.1. The lowest BCUT2D eigenvalue weighted by molar-refractivity contribution is -0.138. The van der Waals surface area contributed by atoms with Crippen molar-refractivity contribution >= 4 is 0 Å². The lowest BCUT2D eigenvalue weighted by Crippen LogP contribution is -2.45. The molecule has 1 aromatic carbocycles. The van der Waals surface area contributed by atoms with Crippen molar-refractivity contribution in [2.24, 2.45) is 0 Å². The van der Waals surface area contributed by atoms with Crippen LogP contribution in [0, 0.1) is 0 Å². The normalized spacial score (nSPS) is 21.1. The minimum atomic E-state index is -4.30. The molecule has 0 spiro atoms. The van der Waals surface area contributed by atoms with Crippen LogP contribution >= 0.6 is 0 Å². The number of morpholine rings is 1. The standard InChI is InChI=1S/C14H19F3N2O/c1-18-8-12-10-19(6-7-20-12)9-11-4-2-3-5-13(11)14(15,16)17/h2-5,12,18H,6-10H2,1H3. The van der Waals surface area contributed by atoms with Gasteiger partial charge in [-0.15, -0.1) is 0 Å². The van der Waals surface area contributed by atoms with Gasteiger partial charge < -0.3 is 10.1 Å². The molecule has 112 valence electrons. The van der Waals surface area contributed by atoms with Gasteiger partial charge in [0.25, 0.3) is 0 Å². The molecule has 0 amide bonds. The van der Waals surface area contributed by atoms with Gasteiger partial charge in [0, 0.05) is 26.2 Å². The van der Waals surface area contributed by atoms with E-state index < -0.39 is 11.7 Å². The summed E-state index contributed by atoms with van der Waals surface area (Å²) in [6.07, 6.45) is -4.26. The molecule has 0 aliphatic carbocycles. The Bertz CT molecular complexity index is 435. The Morgan fingerprint density at radius 2 is 2.10 bits per heavy atom. The lowest BCUT2D eigenvalue weighted by Gasteiger charge is -2.33. The number of halogens is 3. The van der Waals surface area contributed by atoms with E-state index >= 15 is 0 Å². The van der Waals surface area contributed by atoms with Crippen molar-refractivity contribution in [2.75, 3.05) is 33.3 Å². The molecule has 1 unspecified atom stereocenters. The van der Waals surface area contributed by atoms with Crippen molar-refractivity contribution in [1.82, 2.24) is 10.2 Å². The first-order valence-corrected chi connectivity index (χ1v) is 6.64. The Balaban J connectivity index is 2.06. The molecular formula is C14H19F3N2O. The minimum Gasteiger partial charge on any atom is -0.374 e. The number of nitrogens with zero attached hydrogens (tertiary/aromatic N) is 1. The molecule has 1 aromatic rings. The number of ether oxygens (including phenoxy) is 1. The first-order chi connectivity index (χ1) is 9.50. The molecule has 1 N–H and O–H groups in total. The Hall–Kier alpha value is -1.11. The highest BCUT2D eigenvalue weighted by Crippen LogP contribution is 2.32. The third-order valence-electron chi connectivity index (χ3n) is 3.37. The molecule has 20 heavy (non-hydrogen) atoms. The summed E-state index contributed by atoms with van der Waals surface area (Å²) in [5.41, 5.74) is -0.221. The summed E-state index contributed by atoms with van der Waals surface area (Å²) < 4.78 is 44.4. The van der Waals surface area contributed by atoms with E-state index in [9.17, 15) is 13.2 Å². The Morgan fingerprint density at radius 1 is 1.35 bits per heavy atom. The van der Waals surface area contributed by atoms with Crippen LogP contribution in [0.4, 0.5) is 13.2 Å². The molecule has 2 rings (SSSR count). The van der Waals surface area contributed by atoms with Gasteiger partial charge in [-0.3, -0.25) is 4.90 Å². The predicted octanol–water partition coefficient (Wildman–Crippen LogP) is 2.13. The van der Waals surface area contributed by atoms with E-state index in [1.54, 1.807) is 12.1 Å². The zero-order chi connectivity index (χ0) is 14.6. The van der Waals surface area contributed by atoms with E-state index in [4.69, 9.17) is 4.74 Å². The SMILES string of the molecule is CNCC1CN(Cc2ccccc2C(F)(F)F)CCO1.